The van der Waals surface area contributed by atoms with Crippen molar-refractivity contribution in [3.05, 3.63) is 65.7 Å². The molecule has 0 spiro atoms. The molecule has 0 unspecified atom stereocenters. The van der Waals surface area contributed by atoms with Crippen LogP contribution in [0.4, 0.5) is 5.69 Å². The fraction of sp³-hybridized carbons (Fsp3) is 0.417. The zero-order valence-corrected chi connectivity index (χ0v) is 18.1. The molecule has 6 heteroatoms. The summed E-state index contributed by atoms with van der Waals surface area (Å²) in [6, 6.07) is 17.9. The molecule has 160 valence electrons. The number of hydrogen-bond acceptors (Lipinski definition) is 4. The smallest absolute Gasteiger partial charge is 0.309 e. The van der Waals surface area contributed by atoms with Gasteiger partial charge < -0.3 is 15.5 Å². The Hall–Kier alpha value is -2.86. The zero-order chi connectivity index (χ0) is 21.5. The summed E-state index contributed by atoms with van der Waals surface area (Å²) < 4.78 is 0. The molecule has 0 aliphatic carbocycles. The van der Waals surface area contributed by atoms with Gasteiger partial charge in [0.2, 0.25) is 0 Å². The molecule has 30 heavy (non-hydrogen) atoms. The fourth-order valence-corrected chi connectivity index (χ4v) is 3.86. The van der Waals surface area contributed by atoms with E-state index < -0.39 is 11.8 Å². The third-order valence-corrected chi connectivity index (χ3v) is 5.69. The van der Waals surface area contributed by atoms with Crippen molar-refractivity contribution in [1.29, 1.82) is 0 Å². The van der Waals surface area contributed by atoms with Gasteiger partial charge in [-0.1, -0.05) is 42.5 Å². The average molecular weight is 409 g/mol. The summed E-state index contributed by atoms with van der Waals surface area (Å²) in [5, 5.41) is 5.63. The normalized spacial score (nSPS) is 16.0. The first-order chi connectivity index (χ1) is 14.5. The molecule has 2 amide bonds. The minimum atomic E-state index is -0.602. The summed E-state index contributed by atoms with van der Waals surface area (Å²) in [4.78, 5) is 29.3. The molecule has 0 aromatic heterocycles. The van der Waals surface area contributed by atoms with Crippen molar-refractivity contribution in [2.45, 2.75) is 31.8 Å². The van der Waals surface area contributed by atoms with Crippen LogP contribution in [0.15, 0.2) is 54.6 Å². The highest BCUT2D eigenvalue weighted by Crippen LogP contribution is 2.26. The van der Waals surface area contributed by atoms with Crippen molar-refractivity contribution >= 4 is 17.5 Å². The van der Waals surface area contributed by atoms with Gasteiger partial charge in [0, 0.05) is 26.3 Å². The predicted molar refractivity (Wildman–Crippen MR) is 120 cm³/mol. The van der Waals surface area contributed by atoms with Gasteiger partial charge in [-0.25, -0.2) is 0 Å². The molecule has 3 rings (SSSR count). The van der Waals surface area contributed by atoms with Crippen molar-refractivity contribution < 1.29 is 9.59 Å². The van der Waals surface area contributed by atoms with Gasteiger partial charge in [-0.3, -0.25) is 14.5 Å². The Morgan fingerprint density at radius 3 is 2.17 bits per heavy atom. The van der Waals surface area contributed by atoms with Crippen LogP contribution in [0.25, 0.3) is 0 Å². The lowest BCUT2D eigenvalue weighted by Crippen LogP contribution is -2.44. The standard InChI is InChI=1S/C24H32N4O2/c1-18(19-9-5-4-6-10-19)26-24(30)23(29)25-17-22(28-15-7-8-16-28)20-11-13-21(14-12-20)27(2)3/h4-6,9-14,18,22H,7-8,15-17H2,1-3H3,(H,25,29)(H,26,30)/t18-,22-/m1/s1. The second kappa shape index (κ2) is 10.3. The Morgan fingerprint density at radius 2 is 1.57 bits per heavy atom. The Kier molecular flexibility index (Phi) is 7.46. The Bertz CT molecular complexity index is 830. The Labute approximate surface area is 179 Å². The van der Waals surface area contributed by atoms with E-state index >= 15 is 0 Å². The van der Waals surface area contributed by atoms with E-state index in [2.05, 4.69) is 44.7 Å². The highest BCUT2D eigenvalue weighted by atomic mass is 16.2. The summed E-state index contributed by atoms with van der Waals surface area (Å²) in [6.07, 6.45) is 2.32. The number of nitrogens with zero attached hydrogens (tertiary/aromatic N) is 2. The molecule has 1 aliphatic rings. The molecule has 2 aromatic rings. The zero-order valence-electron chi connectivity index (χ0n) is 18.1. The van der Waals surface area contributed by atoms with Crippen LogP contribution in [0.3, 0.4) is 0 Å². The van der Waals surface area contributed by atoms with Crippen LogP contribution in [0, 0.1) is 0 Å². The van der Waals surface area contributed by atoms with Crippen LogP contribution in [0.1, 0.15) is 43.0 Å². The number of carbonyl (C=O) groups is 2. The summed E-state index contributed by atoms with van der Waals surface area (Å²) in [5.41, 5.74) is 3.26. The van der Waals surface area contributed by atoms with E-state index in [0.29, 0.717) is 6.54 Å². The predicted octanol–water partition coefficient (Wildman–Crippen LogP) is 2.88. The van der Waals surface area contributed by atoms with Crippen molar-refractivity contribution in [2.24, 2.45) is 0 Å². The highest BCUT2D eigenvalue weighted by molar-refractivity contribution is 6.35. The van der Waals surface area contributed by atoms with Crippen LogP contribution in [0.2, 0.25) is 0 Å². The number of rotatable bonds is 7. The van der Waals surface area contributed by atoms with E-state index in [1.54, 1.807) is 0 Å². The van der Waals surface area contributed by atoms with Crippen LogP contribution in [-0.2, 0) is 9.59 Å². The first kappa shape index (κ1) is 21.8. The fourth-order valence-electron chi connectivity index (χ4n) is 3.86. The van der Waals surface area contributed by atoms with Crippen LogP contribution in [-0.4, -0.2) is 50.4 Å². The van der Waals surface area contributed by atoms with Gasteiger partial charge in [0.05, 0.1) is 12.1 Å². The lowest BCUT2D eigenvalue weighted by molar-refractivity contribution is -0.139. The molecule has 0 bridgehead atoms. The summed E-state index contributed by atoms with van der Waals surface area (Å²) in [7, 11) is 4.03. The number of benzene rings is 2. The SMILES string of the molecule is C[C@@H](NC(=O)C(=O)NC[C@H](c1ccc(N(C)C)cc1)N1CCCC1)c1ccccc1. The minimum absolute atomic E-state index is 0.0620. The van der Waals surface area contributed by atoms with E-state index in [4.69, 9.17) is 0 Å². The largest absolute Gasteiger partial charge is 0.378 e. The second-order valence-electron chi connectivity index (χ2n) is 8.06. The van der Waals surface area contributed by atoms with Gasteiger partial charge in [0.25, 0.3) is 0 Å². The van der Waals surface area contributed by atoms with E-state index in [1.165, 1.54) is 0 Å². The molecule has 6 nitrogen and oxygen atoms in total. The van der Waals surface area contributed by atoms with Crippen molar-refractivity contribution in [2.75, 3.05) is 38.6 Å². The van der Waals surface area contributed by atoms with E-state index in [1.807, 2.05) is 51.4 Å². The van der Waals surface area contributed by atoms with Crippen LogP contribution >= 0.6 is 0 Å². The lowest BCUT2D eigenvalue weighted by Gasteiger charge is -2.28. The summed E-state index contributed by atoms with van der Waals surface area (Å²) in [5.74, 6) is -1.19. The third kappa shape index (κ3) is 5.60. The van der Waals surface area contributed by atoms with Crippen LogP contribution in [0.5, 0.6) is 0 Å². The molecule has 2 N–H and O–H groups in total. The van der Waals surface area contributed by atoms with Crippen molar-refractivity contribution in [3.8, 4) is 0 Å². The quantitative estimate of drug-likeness (QED) is 0.692. The maximum atomic E-state index is 12.5. The molecule has 0 radical (unpaired) electrons. The average Bonchev–Trinajstić information content (AvgIpc) is 3.29. The van der Waals surface area contributed by atoms with Gasteiger partial charge in [-0.05, 0) is 56.1 Å². The number of likely N-dealkylation sites (tertiary alicyclic amines) is 1. The van der Waals surface area contributed by atoms with E-state index in [9.17, 15) is 9.59 Å². The van der Waals surface area contributed by atoms with E-state index in [-0.39, 0.29) is 12.1 Å². The van der Waals surface area contributed by atoms with E-state index in [0.717, 1.165) is 42.7 Å². The highest BCUT2D eigenvalue weighted by Gasteiger charge is 2.25. The lowest BCUT2D eigenvalue weighted by atomic mass is 10.0. The maximum absolute atomic E-state index is 12.5. The first-order valence-electron chi connectivity index (χ1n) is 10.6. The summed E-state index contributed by atoms with van der Waals surface area (Å²) in [6.45, 7) is 4.30. The molecular weight excluding hydrogens is 376 g/mol. The number of amides is 2. The maximum Gasteiger partial charge on any atom is 0.309 e. The molecule has 0 saturated carbocycles. The molecule has 2 aromatic carbocycles. The molecule has 1 saturated heterocycles. The Morgan fingerprint density at radius 1 is 0.933 bits per heavy atom. The number of anilines is 1. The van der Waals surface area contributed by atoms with Crippen molar-refractivity contribution in [3.63, 3.8) is 0 Å². The number of hydrogen-bond donors (Lipinski definition) is 2. The van der Waals surface area contributed by atoms with Crippen LogP contribution < -0.4 is 15.5 Å². The van der Waals surface area contributed by atoms with Gasteiger partial charge in [-0.2, -0.15) is 0 Å². The molecule has 1 heterocycles. The molecular formula is C24H32N4O2. The third-order valence-electron chi connectivity index (χ3n) is 5.69. The number of carbonyl (C=O) groups excluding carboxylic acids is 2. The molecule has 1 aliphatic heterocycles. The van der Waals surface area contributed by atoms with Gasteiger partial charge in [0.1, 0.15) is 0 Å². The van der Waals surface area contributed by atoms with Crippen molar-refractivity contribution in [1.82, 2.24) is 15.5 Å². The van der Waals surface area contributed by atoms with Gasteiger partial charge >= 0.3 is 11.8 Å². The minimum Gasteiger partial charge on any atom is -0.378 e. The molecule has 1 fully saturated rings. The topological polar surface area (TPSA) is 64.7 Å². The van der Waals surface area contributed by atoms with Gasteiger partial charge in [-0.15, -0.1) is 0 Å². The Balaban J connectivity index is 1.61. The molecule has 2 atom stereocenters. The summed E-state index contributed by atoms with van der Waals surface area (Å²) >= 11 is 0. The first-order valence-corrected chi connectivity index (χ1v) is 10.6. The second-order valence-corrected chi connectivity index (χ2v) is 8.06. The monoisotopic (exact) mass is 408 g/mol. The number of nitrogens with one attached hydrogen (secondary N) is 2. The van der Waals surface area contributed by atoms with Gasteiger partial charge in [0.15, 0.2) is 0 Å².